The zero-order valence-electron chi connectivity index (χ0n) is 16.0. The second kappa shape index (κ2) is 8.67. The number of aryl methyl sites for hydroxylation is 2. The van der Waals surface area contributed by atoms with Crippen LogP contribution in [0.4, 0.5) is 5.13 Å². The van der Waals surface area contributed by atoms with E-state index in [1.807, 2.05) is 38.1 Å². The van der Waals surface area contributed by atoms with Crippen molar-refractivity contribution in [1.82, 2.24) is 20.2 Å². The Balaban J connectivity index is 1.38. The van der Waals surface area contributed by atoms with Crippen LogP contribution in [0.1, 0.15) is 22.0 Å². The maximum atomic E-state index is 12.2. The maximum absolute atomic E-state index is 12.2. The van der Waals surface area contributed by atoms with Crippen LogP contribution >= 0.6 is 23.1 Å². The van der Waals surface area contributed by atoms with Crippen molar-refractivity contribution in [3.05, 3.63) is 70.5 Å². The van der Waals surface area contributed by atoms with Crippen LogP contribution in [0.3, 0.4) is 0 Å². The van der Waals surface area contributed by atoms with E-state index < -0.39 is 0 Å². The number of fused-ring (bicyclic) bond motifs is 1. The topological polar surface area (TPSA) is 80.7 Å². The van der Waals surface area contributed by atoms with Crippen molar-refractivity contribution in [1.29, 1.82) is 0 Å². The van der Waals surface area contributed by atoms with Crippen molar-refractivity contribution in [2.24, 2.45) is 0 Å². The van der Waals surface area contributed by atoms with Crippen molar-refractivity contribution in [2.75, 3.05) is 11.1 Å². The number of carbonyl (C=O) groups is 1. The molecule has 0 saturated carbocycles. The molecule has 0 aliphatic heterocycles. The molecule has 0 aliphatic carbocycles. The molecule has 0 bridgehead atoms. The molecule has 0 aliphatic rings. The highest BCUT2D eigenvalue weighted by atomic mass is 32.2. The third-order valence-corrected chi connectivity index (χ3v) is 5.91. The van der Waals surface area contributed by atoms with Crippen LogP contribution in [0.2, 0.25) is 0 Å². The summed E-state index contributed by atoms with van der Waals surface area (Å²) in [7, 11) is 0. The Kier molecular flexibility index (Phi) is 5.82. The first-order chi connectivity index (χ1) is 14.1. The Morgan fingerprint density at radius 3 is 2.62 bits per heavy atom. The van der Waals surface area contributed by atoms with Gasteiger partial charge < -0.3 is 0 Å². The molecule has 8 heteroatoms. The van der Waals surface area contributed by atoms with Gasteiger partial charge in [0.2, 0.25) is 11.0 Å². The number of thioether (sulfide) groups is 1. The van der Waals surface area contributed by atoms with Gasteiger partial charge in [-0.05, 0) is 36.2 Å². The molecule has 2 heterocycles. The van der Waals surface area contributed by atoms with E-state index in [2.05, 4.69) is 49.7 Å². The van der Waals surface area contributed by atoms with E-state index in [0.29, 0.717) is 16.7 Å². The predicted molar refractivity (Wildman–Crippen MR) is 118 cm³/mol. The van der Waals surface area contributed by atoms with Crippen LogP contribution in [0.15, 0.2) is 53.7 Å². The van der Waals surface area contributed by atoms with Crippen LogP contribution in [-0.4, -0.2) is 31.8 Å². The van der Waals surface area contributed by atoms with Crippen LogP contribution in [0.25, 0.3) is 10.8 Å². The number of nitrogens with one attached hydrogen (secondary N) is 1. The Morgan fingerprint density at radius 2 is 1.79 bits per heavy atom. The molecule has 2 aromatic heterocycles. The Bertz CT molecular complexity index is 1150. The van der Waals surface area contributed by atoms with Crippen LogP contribution < -0.4 is 5.32 Å². The van der Waals surface area contributed by atoms with Gasteiger partial charge in [0.1, 0.15) is 5.01 Å². The SMILES string of the molecule is Cc1cc(C)nc(SCC(=O)Nc2nnc(Cc3cccc4ccccc34)s2)n1. The van der Waals surface area contributed by atoms with Gasteiger partial charge in [0.15, 0.2) is 5.16 Å². The summed E-state index contributed by atoms with van der Waals surface area (Å²) in [5, 5.41) is 15.5. The van der Waals surface area contributed by atoms with Crippen LogP contribution in [0, 0.1) is 13.8 Å². The molecule has 0 fully saturated rings. The predicted octanol–water partition coefficient (Wildman–Crippen LogP) is 4.42. The zero-order valence-corrected chi connectivity index (χ0v) is 17.7. The van der Waals surface area contributed by atoms with E-state index in [1.165, 1.54) is 39.4 Å². The highest BCUT2D eigenvalue weighted by Gasteiger charge is 2.11. The van der Waals surface area contributed by atoms with Crippen molar-refractivity contribution in [3.63, 3.8) is 0 Å². The highest BCUT2D eigenvalue weighted by molar-refractivity contribution is 7.99. The summed E-state index contributed by atoms with van der Waals surface area (Å²) in [6.45, 7) is 3.83. The number of hydrogen-bond acceptors (Lipinski definition) is 7. The van der Waals surface area contributed by atoms with Gasteiger partial charge in [-0.1, -0.05) is 65.6 Å². The minimum Gasteiger partial charge on any atom is -0.300 e. The summed E-state index contributed by atoms with van der Waals surface area (Å²) in [5.41, 5.74) is 2.98. The summed E-state index contributed by atoms with van der Waals surface area (Å²) < 4.78 is 0. The molecule has 29 heavy (non-hydrogen) atoms. The summed E-state index contributed by atoms with van der Waals surface area (Å²) >= 11 is 2.71. The highest BCUT2D eigenvalue weighted by Crippen LogP contribution is 2.24. The Hall–Kier alpha value is -2.84. The van der Waals surface area contributed by atoms with Gasteiger partial charge in [-0.25, -0.2) is 9.97 Å². The second-order valence-electron chi connectivity index (χ2n) is 6.59. The molecule has 2 aromatic carbocycles. The summed E-state index contributed by atoms with van der Waals surface area (Å²) in [6, 6.07) is 16.4. The number of benzene rings is 2. The lowest BCUT2D eigenvalue weighted by molar-refractivity contribution is -0.113. The maximum Gasteiger partial charge on any atom is 0.236 e. The minimum atomic E-state index is -0.148. The fourth-order valence-electron chi connectivity index (χ4n) is 3.03. The van der Waals surface area contributed by atoms with Gasteiger partial charge in [0.25, 0.3) is 0 Å². The van der Waals surface area contributed by atoms with E-state index in [0.717, 1.165) is 16.4 Å². The largest absolute Gasteiger partial charge is 0.300 e. The molecule has 146 valence electrons. The van der Waals surface area contributed by atoms with E-state index in [9.17, 15) is 4.79 Å². The van der Waals surface area contributed by atoms with Gasteiger partial charge in [-0.15, -0.1) is 10.2 Å². The third-order valence-electron chi connectivity index (χ3n) is 4.23. The summed E-state index contributed by atoms with van der Waals surface area (Å²) in [4.78, 5) is 20.9. The van der Waals surface area contributed by atoms with E-state index >= 15 is 0 Å². The number of hydrogen-bond donors (Lipinski definition) is 1. The van der Waals surface area contributed by atoms with Gasteiger partial charge in [-0.2, -0.15) is 0 Å². The molecule has 0 spiro atoms. The number of aromatic nitrogens is 4. The summed E-state index contributed by atoms with van der Waals surface area (Å²) in [5.74, 6) is 0.0758. The Labute approximate surface area is 176 Å². The fraction of sp³-hybridized carbons (Fsp3) is 0.190. The summed E-state index contributed by atoms with van der Waals surface area (Å²) in [6.07, 6.45) is 0.681. The lowest BCUT2D eigenvalue weighted by Gasteiger charge is -2.04. The van der Waals surface area contributed by atoms with E-state index in [4.69, 9.17) is 0 Å². The zero-order chi connectivity index (χ0) is 20.2. The van der Waals surface area contributed by atoms with Crippen molar-refractivity contribution in [2.45, 2.75) is 25.4 Å². The quantitative estimate of drug-likeness (QED) is 0.367. The van der Waals surface area contributed by atoms with Crippen LogP contribution in [-0.2, 0) is 11.2 Å². The van der Waals surface area contributed by atoms with Gasteiger partial charge in [0.05, 0.1) is 5.75 Å². The third kappa shape index (κ3) is 4.96. The first-order valence-electron chi connectivity index (χ1n) is 9.11. The Morgan fingerprint density at radius 1 is 1.03 bits per heavy atom. The van der Waals surface area contributed by atoms with Gasteiger partial charge in [0, 0.05) is 17.8 Å². The molecular weight excluding hydrogens is 402 g/mol. The van der Waals surface area contributed by atoms with Crippen molar-refractivity contribution >= 4 is 44.9 Å². The number of amides is 1. The molecule has 6 nitrogen and oxygen atoms in total. The molecule has 4 aromatic rings. The monoisotopic (exact) mass is 421 g/mol. The van der Waals surface area contributed by atoms with Gasteiger partial charge >= 0.3 is 0 Å². The first-order valence-corrected chi connectivity index (χ1v) is 10.9. The van der Waals surface area contributed by atoms with E-state index in [1.54, 1.807) is 0 Å². The lowest BCUT2D eigenvalue weighted by atomic mass is 10.0. The molecule has 1 amide bonds. The molecule has 0 saturated heterocycles. The molecule has 0 unspecified atom stereocenters. The van der Waals surface area contributed by atoms with Crippen LogP contribution in [0.5, 0.6) is 0 Å². The standard InChI is InChI=1S/C21H19N5OS2/c1-13-10-14(2)23-20(22-13)28-12-18(27)24-21-26-25-19(29-21)11-16-8-5-7-15-6-3-4-9-17(15)16/h3-10H,11-12H2,1-2H3,(H,24,26,27). The number of carbonyl (C=O) groups excluding carboxylic acids is 1. The molecule has 4 rings (SSSR count). The van der Waals surface area contributed by atoms with E-state index in [-0.39, 0.29) is 11.7 Å². The minimum absolute atomic E-state index is 0.148. The normalized spacial score (nSPS) is 11.0. The average molecular weight is 422 g/mol. The smallest absolute Gasteiger partial charge is 0.236 e. The average Bonchev–Trinajstić information content (AvgIpc) is 3.13. The van der Waals surface area contributed by atoms with Gasteiger partial charge in [-0.3, -0.25) is 10.1 Å². The van der Waals surface area contributed by atoms with Crippen molar-refractivity contribution < 1.29 is 4.79 Å². The first kappa shape index (κ1) is 19.5. The number of anilines is 1. The molecule has 0 radical (unpaired) electrons. The molecule has 0 atom stereocenters. The number of rotatable bonds is 6. The van der Waals surface area contributed by atoms with Crippen molar-refractivity contribution in [3.8, 4) is 0 Å². The molecule has 1 N–H and O–H groups in total. The molecular formula is C21H19N5OS2. The number of nitrogens with zero attached hydrogens (tertiary/aromatic N) is 4. The second-order valence-corrected chi connectivity index (χ2v) is 8.59. The lowest BCUT2D eigenvalue weighted by Crippen LogP contribution is -2.14. The fourth-order valence-corrected chi connectivity index (χ4v) is 4.56.